The fourth-order valence-corrected chi connectivity index (χ4v) is 46.3. The van der Waals surface area contributed by atoms with E-state index in [1.807, 2.05) is 26.8 Å². The third-order valence-electron chi connectivity index (χ3n) is 11.0. The van der Waals surface area contributed by atoms with Gasteiger partial charge in [0, 0.05) is 0 Å². The molecule has 0 atom stereocenters. The molecule has 350 valence electrons. The van der Waals surface area contributed by atoms with E-state index in [1.54, 1.807) is 0 Å². The van der Waals surface area contributed by atoms with Gasteiger partial charge in [-0.05, 0) is 0 Å². The van der Waals surface area contributed by atoms with Crippen molar-refractivity contribution >= 4 is 59.0 Å². The molecule has 0 unspecified atom stereocenters. The number of ether oxygens (including phenoxy) is 3. The molecule has 0 radical (unpaired) electrons. The Morgan fingerprint density at radius 3 is 0.780 bits per heavy atom. The summed E-state index contributed by atoms with van der Waals surface area (Å²) in [4.78, 5) is 38.3. The zero-order chi connectivity index (χ0) is 43.2. The van der Waals surface area contributed by atoms with Gasteiger partial charge >= 0.3 is 284 Å². The summed E-state index contributed by atoms with van der Waals surface area (Å²) in [5, 5.41) is 0. The summed E-state index contributed by atoms with van der Waals surface area (Å²) in [6.07, 6.45) is 41.5. The first-order valence-electron chi connectivity index (χ1n) is 25.3. The molecule has 0 aliphatic heterocycles. The molecule has 0 aliphatic carbocycles. The second kappa shape index (κ2) is 47.7. The Morgan fingerprint density at radius 1 is 0.322 bits per heavy atom. The number of rotatable bonds is 48. The number of hydrogen-bond donors (Lipinski definition) is 0. The smallest absolute Gasteiger partial charge is 0.0654 e. The van der Waals surface area contributed by atoms with E-state index in [-0.39, 0.29) is 17.9 Å². The summed E-state index contributed by atoms with van der Waals surface area (Å²) in [5.41, 5.74) is 0. The maximum absolute atomic E-state index is 12.8. The first-order valence-corrected chi connectivity index (χ1v) is 40.8. The van der Waals surface area contributed by atoms with Crippen molar-refractivity contribution in [2.45, 2.75) is 257 Å². The van der Waals surface area contributed by atoms with Gasteiger partial charge in [-0.3, -0.25) is 0 Å². The predicted octanol–water partition coefficient (Wildman–Crippen LogP) is 16.5. The number of esters is 3. The summed E-state index contributed by atoms with van der Waals surface area (Å²) >= 11 is -3.04. The third-order valence-corrected chi connectivity index (χ3v) is 51.2. The quantitative estimate of drug-likeness (QED) is 0.0256. The molecule has 0 aromatic carbocycles. The molecule has 0 aromatic heterocycles. The molecule has 0 aliphatic rings. The van der Waals surface area contributed by atoms with E-state index in [1.165, 1.54) is 154 Å². The molecule has 6 nitrogen and oxygen atoms in total. The Morgan fingerprint density at radius 2 is 0.542 bits per heavy atom. The summed E-state index contributed by atoms with van der Waals surface area (Å²) < 4.78 is 18.1. The molecular formula is C49H96O6S3Sn. The van der Waals surface area contributed by atoms with Crippen LogP contribution in [0.5, 0.6) is 0 Å². The fraction of sp³-hybridized carbons (Fsp3) is 0.939. The van der Waals surface area contributed by atoms with Crippen molar-refractivity contribution in [3.8, 4) is 0 Å². The van der Waals surface area contributed by atoms with Crippen LogP contribution in [-0.4, -0.2) is 69.2 Å². The van der Waals surface area contributed by atoms with Crippen LogP contribution in [0.4, 0.5) is 0 Å². The molecule has 0 saturated carbocycles. The first-order chi connectivity index (χ1) is 28.9. The van der Waals surface area contributed by atoms with E-state index in [2.05, 4.69) is 27.7 Å². The summed E-state index contributed by atoms with van der Waals surface area (Å²) in [7, 11) is 6.01. The van der Waals surface area contributed by atoms with Crippen LogP contribution in [0, 0.1) is 0 Å². The van der Waals surface area contributed by atoms with Gasteiger partial charge in [-0.25, -0.2) is 0 Å². The van der Waals surface area contributed by atoms with Crippen LogP contribution < -0.4 is 0 Å². The number of hydrogen-bond acceptors (Lipinski definition) is 9. The third kappa shape index (κ3) is 43.3. The van der Waals surface area contributed by atoms with Crippen molar-refractivity contribution in [1.82, 2.24) is 0 Å². The molecule has 0 bridgehead atoms. The zero-order valence-corrected chi connectivity index (χ0v) is 44.7. The van der Waals surface area contributed by atoms with Crippen molar-refractivity contribution in [3.63, 3.8) is 0 Å². The van der Waals surface area contributed by atoms with Gasteiger partial charge in [0.05, 0.1) is 0 Å². The van der Waals surface area contributed by atoms with E-state index in [0.717, 1.165) is 73.1 Å². The Kier molecular flexibility index (Phi) is 47.9. The Hall–Kier alpha value is 0.259. The number of carbonyl (C=O) groups excluding carboxylic acids is 3. The molecule has 0 saturated heterocycles. The average molecular weight is 996 g/mol. The molecule has 0 spiro atoms. The van der Waals surface area contributed by atoms with Crippen LogP contribution in [-0.2, 0) is 28.6 Å². The Balaban J connectivity index is 4.77. The van der Waals surface area contributed by atoms with Crippen molar-refractivity contribution < 1.29 is 28.6 Å². The van der Waals surface area contributed by atoms with Gasteiger partial charge in [-0.1, -0.05) is 97.8 Å². The molecule has 0 rings (SSSR count). The second-order valence-corrected chi connectivity index (χ2v) is 50.8. The van der Waals surface area contributed by atoms with Crippen molar-refractivity contribution in [2.24, 2.45) is 0 Å². The van der Waals surface area contributed by atoms with E-state index in [9.17, 15) is 14.4 Å². The van der Waals surface area contributed by atoms with Gasteiger partial charge in [0.1, 0.15) is 0 Å². The number of unbranched alkanes of at least 4 members (excludes halogenated alkanes) is 28. The minimum Gasteiger partial charge on any atom is -0.0654 e. The van der Waals surface area contributed by atoms with Crippen molar-refractivity contribution in [1.29, 1.82) is 0 Å². The molecule has 0 amide bonds. The molecule has 0 fully saturated rings. The SMILES string of the molecule is CCCCCCCCCCCCOC(=O)CC[S][Sn]([CH2]CCC)([S]CCC(=O)OCCCCCCCCCCCC)[S]CCC(=O)OCCCCCCCCCCCC. The summed E-state index contributed by atoms with van der Waals surface area (Å²) in [6, 6.07) is 0. The van der Waals surface area contributed by atoms with Crippen LogP contribution in [0.3, 0.4) is 0 Å². The zero-order valence-electron chi connectivity index (χ0n) is 39.4. The van der Waals surface area contributed by atoms with Gasteiger partial charge in [-0.2, -0.15) is 0 Å². The van der Waals surface area contributed by atoms with Crippen molar-refractivity contribution in [3.05, 3.63) is 0 Å². The van der Waals surface area contributed by atoms with Crippen LogP contribution in [0.1, 0.15) is 252 Å². The van der Waals surface area contributed by atoms with Gasteiger partial charge < -0.3 is 0 Å². The topological polar surface area (TPSA) is 78.9 Å². The molecule has 0 N–H and O–H groups in total. The van der Waals surface area contributed by atoms with Crippen LogP contribution in [0.25, 0.3) is 0 Å². The molecule has 59 heavy (non-hydrogen) atoms. The van der Waals surface area contributed by atoms with Gasteiger partial charge in [0.25, 0.3) is 0 Å². The van der Waals surface area contributed by atoms with Crippen LogP contribution in [0.2, 0.25) is 4.44 Å². The van der Waals surface area contributed by atoms with E-state index >= 15 is 0 Å². The van der Waals surface area contributed by atoms with Gasteiger partial charge in [-0.15, -0.1) is 0 Å². The predicted molar refractivity (Wildman–Crippen MR) is 265 cm³/mol. The summed E-state index contributed by atoms with van der Waals surface area (Å²) in [5.74, 6) is 1.98. The second-order valence-electron chi connectivity index (χ2n) is 16.8. The first kappa shape index (κ1) is 59.3. The Labute approximate surface area is 378 Å². The van der Waals surface area contributed by atoms with Crippen LogP contribution >= 0.6 is 26.8 Å². The van der Waals surface area contributed by atoms with Crippen LogP contribution in [0.15, 0.2) is 0 Å². The monoisotopic (exact) mass is 997 g/mol. The maximum atomic E-state index is 12.8. The molecule has 10 heteroatoms. The fourth-order valence-electron chi connectivity index (χ4n) is 7.15. The number of carbonyl (C=O) groups is 3. The molecular weight excluding hydrogens is 899 g/mol. The minimum atomic E-state index is -3.04. The normalized spacial score (nSPS) is 11.6. The minimum absolute atomic E-state index is 0.0924. The Bertz CT molecular complexity index is 819. The van der Waals surface area contributed by atoms with E-state index < -0.39 is 14.2 Å². The van der Waals surface area contributed by atoms with E-state index in [4.69, 9.17) is 14.2 Å². The molecule has 0 heterocycles. The van der Waals surface area contributed by atoms with Gasteiger partial charge in [0.2, 0.25) is 0 Å². The summed E-state index contributed by atoms with van der Waals surface area (Å²) in [6.45, 7) is 10.6. The average Bonchev–Trinajstić information content (AvgIpc) is 3.23. The molecule has 0 aromatic rings. The van der Waals surface area contributed by atoms with Crippen molar-refractivity contribution in [2.75, 3.05) is 37.1 Å². The van der Waals surface area contributed by atoms with E-state index in [0.29, 0.717) is 39.1 Å². The standard InChI is InChI=1S/3C15H30O2S.C4H9.Sn/c3*1-2-3-4-5-6-7-8-9-10-11-13-17-15(16)12-14-18;1-3-4-2;/h3*18H,2-14H2,1H3;1,3-4H2,2H3;/q;;;;+3/p-3. The van der Waals surface area contributed by atoms with Gasteiger partial charge in [0.15, 0.2) is 0 Å².